The highest BCUT2D eigenvalue weighted by atomic mass is 127. The van der Waals surface area contributed by atoms with Gasteiger partial charge in [-0.05, 0) is 28.7 Å². The summed E-state index contributed by atoms with van der Waals surface area (Å²) in [5, 5.41) is 0.441. The molecule has 0 aromatic carbocycles. The summed E-state index contributed by atoms with van der Waals surface area (Å²) in [6.45, 7) is 3.94. The zero-order valence-corrected chi connectivity index (χ0v) is 13.1. The van der Waals surface area contributed by atoms with Crippen LogP contribution in [0.5, 0.6) is 0 Å². The Labute approximate surface area is 123 Å². The van der Waals surface area contributed by atoms with E-state index in [2.05, 4.69) is 16.5 Å². The lowest BCUT2D eigenvalue weighted by Gasteiger charge is -2.04. The van der Waals surface area contributed by atoms with Crippen LogP contribution in [0.4, 0.5) is 0 Å². The zero-order chi connectivity index (χ0) is 13.5. The summed E-state index contributed by atoms with van der Waals surface area (Å²) in [6, 6.07) is 1.66. The molecule has 0 aliphatic carbocycles. The van der Waals surface area contributed by atoms with Crippen LogP contribution < -0.4 is 0 Å². The van der Waals surface area contributed by atoms with Crippen molar-refractivity contribution in [3.05, 3.63) is 27.4 Å². The first-order chi connectivity index (χ1) is 8.34. The highest BCUT2D eigenvalue weighted by Gasteiger charge is 2.20. The van der Waals surface area contributed by atoms with Crippen molar-refractivity contribution in [2.45, 2.75) is 11.7 Å². The van der Waals surface area contributed by atoms with E-state index in [0.29, 0.717) is 26.4 Å². The lowest BCUT2D eigenvalue weighted by Crippen LogP contribution is -2.08. The smallest absolute Gasteiger partial charge is 0.230 e. The number of hydrogen-bond acceptors (Lipinski definition) is 4. The Balaban J connectivity index is 2.88. The maximum atomic E-state index is 11.7. The third-order valence-electron chi connectivity index (χ3n) is 2.26. The number of halogens is 2. The fraction of sp³-hybridized carbons (Fsp3) is 0.200. The molecule has 0 spiro atoms. The Kier molecular flexibility index (Phi) is 3.65. The normalized spacial score (nSPS) is 11.9. The van der Waals surface area contributed by atoms with Crippen molar-refractivity contribution in [2.75, 3.05) is 6.26 Å². The molecular weight excluding hydrogens is 389 g/mol. The molecule has 0 unspecified atom stereocenters. The Morgan fingerprint density at radius 3 is 2.78 bits per heavy atom. The van der Waals surface area contributed by atoms with Gasteiger partial charge in [-0.1, -0.05) is 17.7 Å². The molecule has 18 heavy (non-hydrogen) atoms. The average Bonchev–Trinajstić information content (AvgIpc) is 2.58. The van der Waals surface area contributed by atoms with Crippen molar-refractivity contribution in [1.29, 1.82) is 0 Å². The van der Waals surface area contributed by atoms with Gasteiger partial charge in [-0.15, -0.1) is 6.58 Å². The molecule has 8 heteroatoms. The molecule has 0 N–H and O–H groups in total. The molecule has 0 aliphatic rings. The standard InChI is InChI=1S/C10H9ClIN3O2S/c1-3-4-15-7-5-6(11)8(12)13-9(7)14-10(15)18(2,16)17/h3,5H,1,4H2,2H3. The van der Waals surface area contributed by atoms with E-state index in [4.69, 9.17) is 11.6 Å². The Hall–Kier alpha value is -0.670. The van der Waals surface area contributed by atoms with Gasteiger partial charge in [-0.2, -0.15) is 4.98 Å². The summed E-state index contributed by atoms with van der Waals surface area (Å²) in [7, 11) is -3.42. The second-order valence-corrected chi connectivity index (χ2v) is 7.01. The minimum Gasteiger partial charge on any atom is -0.310 e. The summed E-state index contributed by atoms with van der Waals surface area (Å²) in [5.41, 5.74) is 0.951. The largest absolute Gasteiger partial charge is 0.310 e. The number of fused-ring (bicyclic) bond motifs is 1. The van der Waals surface area contributed by atoms with Crippen molar-refractivity contribution in [2.24, 2.45) is 0 Å². The summed E-state index contributed by atoms with van der Waals surface area (Å²) in [6.07, 6.45) is 2.71. The molecule has 2 aromatic rings. The summed E-state index contributed by atoms with van der Waals surface area (Å²) < 4.78 is 25.5. The van der Waals surface area contributed by atoms with Gasteiger partial charge in [-0.25, -0.2) is 13.4 Å². The van der Waals surface area contributed by atoms with E-state index in [0.717, 1.165) is 6.26 Å². The maximum Gasteiger partial charge on any atom is 0.230 e. The van der Waals surface area contributed by atoms with Gasteiger partial charge in [0.25, 0.3) is 0 Å². The molecule has 2 rings (SSSR count). The average molecular weight is 398 g/mol. The lowest BCUT2D eigenvalue weighted by molar-refractivity contribution is 0.582. The number of rotatable bonds is 3. The fourth-order valence-corrected chi connectivity index (χ4v) is 2.93. The second kappa shape index (κ2) is 4.78. The molecule has 0 saturated carbocycles. The van der Waals surface area contributed by atoms with Crippen molar-refractivity contribution in [1.82, 2.24) is 14.5 Å². The van der Waals surface area contributed by atoms with E-state index < -0.39 is 9.84 Å². The van der Waals surface area contributed by atoms with Gasteiger partial charge in [0.2, 0.25) is 15.0 Å². The molecule has 96 valence electrons. The number of pyridine rings is 1. The van der Waals surface area contributed by atoms with Crippen LogP contribution in [-0.4, -0.2) is 29.2 Å². The SMILES string of the molecule is C=CCn1c(S(C)(=O)=O)nc2nc(I)c(Cl)cc21. The van der Waals surface area contributed by atoms with Crippen molar-refractivity contribution in [3.8, 4) is 0 Å². The van der Waals surface area contributed by atoms with E-state index in [-0.39, 0.29) is 5.16 Å². The Bertz CT molecular complexity index is 739. The number of imidazole rings is 1. The first-order valence-corrected chi connectivity index (χ1v) is 8.22. The van der Waals surface area contributed by atoms with Crippen LogP contribution in [0.1, 0.15) is 0 Å². The van der Waals surface area contributed by atoms with Gasteiger partial charge in [0.15, 0.2) is 5.65 Å². The quantitative estimate of drug-likeness (QED) is 0.453. The van der Waals surface area contributed by atoms with E-state index in [9.17, 15) is 8.42 Å². The summed E-state index contributed by atoms with van der Waals surface area (Å²) in [4.78, 5) is 8.23. The molecule has 2 heterocycles. The van der Waals surface area contributed by atoms with Gasteiger partial charge < -0.3 is 4.57 Å². The minimum absolute atomic E-state index is 0.0250. The first kappa shape index (κ1) is 13.8. The van der Waals surface area contributed by atoms with Crippen LogP contribution in [0.25, 0.3) is 11.2 Å². The Morgan fingerprint density at radius 2 is 2.22 bits per heavy atom. The molecule has 0 bridgehead atoms. The number of hydrogen-bond donors (Lipinski definition) is 0. The molecule has 0 fully saturated rings. The van der Waals surface area contributed by atoms with Crippen LogP contribution in [0.2, 0.25) is 5.02 Å². The van der Waals surface area contributed by atoms with Crippen molar-refractivity contribution in [3.63, 3.8) is 0 Å². The molecule has 0 atom stereocenters. The van der Waals surface area contributed by atoms with Crippen LogP contribution in [0.3, 0.4) is 0 Å². The number of sulfone groups is 1. The van der Waals surface area contributed by atoms with E-state index in [1.54, 1.807) is 12.1 Å². The van der Waals surface area contributed by atoms with Crippen molar-refractivity contribution < 1.29 is 8.42 Å². The monoisotopic (exact) mass is 397 g/mol. The first-order valence-electron chi connectivity index (χ1n) is 4.88. The molecule has 0 amide bonds. The van der Waals surface area contributed by atoms with Gasteiger partial charge in [0, 0.05) is 12.8 Å². The van der Waals surface area contributed by atoms with Crippen LogP contribution >= 0.6 is 34.2 Å². The molecule has 5 nitrogen and oxygen atoms in total. The predicted molar refractivity (Wildman–Crippen MR) is 78.6 cm³/mol. The van der Waals surface area contributed by atoms with Gasteiger partial charge in [-0.3, -0.25) is 0 Å². The van der Waals surface area contributed by atoms with Gasteiger partial charge in [0.1, 0.15) is 3.70 Å². The van der Waals surface area contributed by atoms with Crippen molar-refractivity contribution >= 4 is 55.2 Å². The topological polar surface area (TPSA) is 64.8 Å². The van der Waals surface area contributed by atoms with Crippen LogP contribution in [-0.2, 0) is 16.4 Å². The Morgan fingerprint density at radius 1 is 1.56 bits per heavy atom. The van der Waals surface area contributed by atoms with Gasteiger partial charge >= 0.3 is 0 Å². The molecular formula is C10H9ClIN3O2S. The summed E-state index contributed by atoms with van der Waals surface area (Å²) in [5.74, 6) is 0. The predicted octanol–water partition coefficient (Wildman–Crippen LogP) is 2.28. The second-order valence-electron chi connectivity index (χ2n) is 3.67. The minimum atomic E-state index is -3.42. The fourth-order valence-electron chi connectivity index (χ4n) is 1.57. The summed E-state index contributed by atoms with van der Waals surface area (Å²) >= 11 is 7.97. The van der Waals surface area contributed by atoms with E-state index >= 15 is 0 Å². The molecule has 2 aromatic heterocycles. The number of allylic oxidation sites excluding steroid dienone is 1. The van der Waals surface area contributed by atoms with Crippen LogP contribution in [0.15, 0.2) is 23.9 Å². The maximum absolute atomic E-state index is 11.7. The molecule has 0 saturated heterocycles. The zero-order valence-electron chi connectivity index (χ0n) is 9.39. The third-order valence-corrected chi connectivity index (χ3v) is 4.66. The number of nitrogens with zero attached hydrogens (tertiary/aromatic N) is 3. The molecule has 0 radical (unpaired) electrons. The van der Waals surface area contributed by atoms with Gasteiger partial charge in [0.05, 0.1) is 10.5 Å². The highest BCUT2D eigenvalue weighted by Crippen LogP contribution is 2.24. The third kappa shape index (κ3) is 2.39. The van der Waals surface area contributed by atoms with E-state index in [1.165, 1.54) is 4.57 Å². The lowest BCUT2D eigenvalue weighted by atomic mass is 10.4. The van der Waals surface area contributed by atoms with E-state index in [1.807, 2.05) is 22.6 Å². The van der Waals surface area contributed by atoms with Crippen LogP contribution in [0, 0.1) is 3.70 Å². The highest BCUT2D eigenvalue weighted by molar-refractivity contribution is 14.1. The number of aromatic nitrogens is 3. The molecule has 0 aliphatic heterocycles.